The Labute approximate surface area is 194 Å². The summed E-state index contributed by atoms with van der Waals surface area (Å²) < 4.78 is 0. The van der Waals surface area contributed by atoms with E-state index in [-0.39, 0.29) is 35.6 Å². The molecule has 0 bridgehead atoms. The number of hydrogen-bond acceptors (Lipinski definition) is 4. The van der Waals surface area contributed by atoms with Crippen molar-refractivity contribution in [2.45, 2.75) is 51.4 Å². The minimum Gasteiger partial charge on any atom is -0.481 e. The lowest BCUT2D eigenvalue weighted by Crippen LogP contribution is -2.13. The van der Waals surface area contributed by atoms with Crippen LogP contribution >= 0.6 is 0 Å². The van der Waals surface area contributed by atoms with Crippen LogP contribution in [0, 0.1) is 11.8 Å². The van der Waals surface area contributed by atoms with Crippen LogP contribution in [0.2, 0.25) is 0 Å². The smallest absolute Gasteiger partial charge is 0.303 e. The van der Waals surface area contributed by atoms with E-state index in [1.165, 1.54) is 0 Å². The Hall–Kier alpha value is -3.34. The summed E-state index contributed by atoms with van der Waals surface area (Å²) in [5, 5.41) is 8.69. The molecular weight excluding hydrogens is 416 g/mol. The highest BCUT2D eigenvalue weighted by atomic mass is 16.4. The first-order valence-corrected chi connectivity index (χ1v) is 11.6. The van der Waals surface area contributed by atoms with Gasteiger partial charge in [-0.25, -0.2) is 0 Å². The zero-order chi connectivity index (χ0) is 23.6. The van der Waals surface area contributed by atoms with Crippen molar-refractivity contribution >= 4 is 23.3 Å². The molecule has 33 heavy (non-hydrogen) atoms. The first kappa shape index (κ1) is 24.3. The molecule has 1 aliphatic rings. The van der Waals surface area contributed by atoms with Crippen molar-refractivity contribution in [3.63, 3.8) is 0 Å². The molecular formula is C28H30O5. The van der Waals surface area contributed by atoms with Gasteiger partial charge in [0.25, 0.3) is 0 Å². The van der Waals surface area contributed by atoms with E-state index < -0.39 is 5.97 Å². The van der Waals surface area contributed by atoms with Crippen molar-refractivity contribution in [1.82, 2.24) is 0 Å². The van der Waals surface area contributed by atoms with E-state index in [2.05, 4.69) is 0 Å². The average molecular weight is 447 g/mol. The molecule has 2 unspecified atom stereocenters. The number of rotatable bonds is 12. The maximum absolute atomic E-state index is 12.6. The zero-order valence-corrected chi connectivity index (χ0v) is 18.7. The molecule has 1 aliphatic carbocycles. The molecule has 1 N–H and O–H groups in total. The van der Waals surface area contributed by atoms with E-state index in [4.69, 9.17) is 5.11 Å². The molecule has 172 valence electrons. The van der Waals surface area contributed by atoms with Gasteiger partial charge in [0.15, 0.2) is 11.6 Å². The highest BCUT2D eigenvalue weighted by Crippen LogP contribution is 2.34. The molecule has 2 aromatic rings. The van der Waals surface area contributed by atoms with Gasteiger partial charge in [-0.3, -0.25) is 19.2 Å². The molecule has 2 aromatic carbocycles. The van der Waals surface area contributed by atoms with E-state index in [0.717, 1.165) is 32.1 Å². The predicted octanol–water partition coefficient (Wildman–Crippen LogP) is 5.68. The van der Waals surface area contributed by atoms with Gasteiger partial charge in [-0.15, -0.1) is 0 Å². The third-order valence-corrected chi connectivity index (χ3v) is 6.27. The number of carboxylic acids is 1. The maximum atomic E-state index is 12.6. The van der Waals surface area contributed by atoms with Crippen LogP contribution in [0.4, 0.5) is 0 Å². The fraction of sp³-hybridized carbons (Fsp3) is 0.357. The number of ketones is 3. The molecule has 5 nitrogen and oxygen atoms in total. The Morgan fingerprint density at radius 1 is 0.848 bits per heavy atom. The Morgan fingerprint density at radius 3 is 2.18 bits per heavy atom. The number of allylic oxidation sites excluding steroid dienone is 2. The number of carbonyl (C=O) groups excluding carboxylic acids is 3. The Kier molecular flexibility index (Phi) is 8.87. The van der Waals surface area contributed by atoms with E-state index in [1.807, 2.05) is 24.3 Å². The van der Waals surface area contributed by atoms with Gasteiger partial charge >= 0.3 is 5.97 Å². The van der Waals surface area contributed by atoms with Crippen LogP contribution in [0.15, 0.2) is 66.7 Å². The van der Waals surface area contributed by atoms with E-state index >= 15 is 0 Å². The second kappa shape index (κ2) is 12.0. The van der Waals surface area contributed by atoms with Crippen LogP contribution in [-0.4, -0.2) is 28.4 Å². The molecule has 0 amide bonds. The van der Waals surface area contributed by atoms with E-state index in [9.17, 15) is 19.2 Å². The molecule has 5 heteroatoms. The van der Waals surface area contributed by atoms with Crippen LogP contribution in [0.25, 0.3) is 0 Å². The summed E-state index contributed by atoms with van der Waals surface area (Å²) in [6.07, 6.45) is 9.04. The molecule has 0 aliphatic heterocycles. The van der Waals surface area contributed by atoms with Crippen molar-refractivity contribution in [2.24, 2.45) is 11.8 Å². The number of aliphatic carboxylic acids is 1. The molecule has 1 fully saturated rings. The summed E-state index contributed by atoms with van der Waals surface area (Å²) >= 11 is 0. The fourth-order valence-electron chi connectivity index (χ4n) is 4.38. The summed E-state index contributed by atoms with van der Waals surface area (Å²) in [4.78, 5) is 48.0. The maximum Gasteiger partial charge on any atom is 0.303 e. The lowest BCUT2D eigenvalue weighted by Gasteiger charge is -2.14. The monoisotopic (exact) mass is 446 g/mol. The summed E-state index contributed by atoms with van der Waals surface area (Å²) in [6.45, 7) is 0. The number of Topliss-reactive ketones (excluding diaryl/α,β-unsaturated/α-hetero) is 1. The molecule has 0 heterocycles. The number of carbonyl (C=O) groups is 4. The van der Waals surface area contributed by atoms with Crippen LogP contribution in [0.5, 0.6) is 0 Å². The van der Waals surface area contributed by atoms with Crippen LogP contribution in [0.1, 0.15) is 77.6 Å². The largest absolute Gasteiger partial charge is 0.481 e. The van der Waals surface area contributed by atoms with E-state index in [1.54, 1.807) is 42.5 Å². The second-order valence-corrected chi connectivity index (χ2v) is 8.62. The Morgan fingerprint density at radius 2 is 1.48 bits per heavy atom. The van der Waals surface area contributed by atoms with Gasteiger partial charge in [0.2, 0.25) is 0 Å². The van der Waals surface area contributed by atoms with Gasteiger partial charge in [0.05, 0.1) is 0 Å². The molecule has 0 radical (unpaired) electrons. The average Bonchev–Trinajstić information content (AvgIpc) is 3.18. The lowest BCUT2D eigenvalue weighted by molar-refractivity contribution is -0.137. The van der Waals surface area contributed by atoms with Crippen molar-refractivity contribution in [3.05, 3.63) is 83.4 Å². The summed E-state index contributed by atoms with van der Waals surface area (Å²) in [5.74, 6) is -0.723. The third kappa shape index (κ3) is 7.07. The molecule has 0 spiro atoms. The molecule has 3 rings (SSSR count). The number of benzene rings is 2. The minimum absolute atomic E-state index is 0.0561. The first-order valence-electron chi connectivity index (χ1n) is 11.6. The van der Waals surface area contributed by atoms with Gasteiger partial charge in [-0.1, -0.05) is 79.9 Å². The SMILES string of the molecule is O=C(O)CCCCCCC1C(=O)CCC1/C=C/C(=O)c1ccc(C(=O)c2ccccc2)cc1. The van der Waals surface area contributed by atoms with Crippen LogP contribution in [-0.2, 0) is 9.59 Å². The van der Waals surface area contributed by atoms with Crippen molar-refractivity contribution in [3.8, 4) is 0 Å². The van der Waals surface area contributed by atoms with Crippen molar-refractivity contribution in [2.75, 3.05) is 0 Å². The lowest BCUT2D eigenvalue weighted by atomic mass is 9.89. The van der Waals surface area contributed by atoms with Gasteiger partial charge in [-0.05, 0) is 31.3 Å². The molecule has 0 aromatic heterocycles. The second-order valence-electron chi connectivity index (χ2n) is 8.62. The first-order chi connectivity index (χ1) is 16.0. The minimum atomic E-state index is -0.770. The van der Waals surface area contributed by atoms with E-state index in [0.29, 0.717) is 29.5 Å². The normalized spacial score (nSPS) is 18.0. The standard InChI is InChI=1S/C28H30O5/c29-25(21-12-14-23(15-13-21)28(33)22-8-4-3-5-9-22)18-16-20-17-19-26(30)24(20)10-6-1-2-7-11-27(31)32/h3-5,8-9,12-16,18,20,24H,1-2,6-7,10-11,17,19H2,(H,31,32)/b18-16+. The highest BCUT2D eigenvalue weighted by molar-refractivity contribution is 6.10. The van der Waals surface area contributed by atoms with Gasteiger partial charge in [0.1, 0.15) is 5.78 Å². The quantitative estimate of drug-likeness (QED) is 0.257. The summed E-state index contributed by atoms with van der Waals surface area (Å²) in [5.41, 5.74) is 1.65. The van der Waals surface area contributed by atoms with Crippen LogP contribution < -0.4 is 0 Å². The molecule has 2 atom stereocenters. The number of unbranched alkanes of at least 4 members (excludes halogenated alkanes) is 3. The van der Waals surface area contributed by atoms with Gasteiger partial charge in [0, 0.05) is 35.4 Å². The summed E-state index contributed by atoms with van der Waals surface area (Å²) in [7, 11) is 0. The Balaban J connectivity index is 1.52. The molecule has 1 saturated carbocycles. The topological polar surface area (TPSA) is 88.5 Å². The highest BCUT2D eigenvalue weighted by Gasteiger charge is 2.32. The van der Waals surface area contributed by atoms with Gasteiger partial charge < -0.3 is 5.11 Å². The third-order valence-electron chi connectivity index (χ3n) is 6.27. The zero-order valence-electron chi connectivity index (χ0n) is 18.7. The molecule has 0 saturated heterocycles. The van der Waals surface area contributed by atoms with Crippen molar-refractivity contribution < 1.29 is 24.3 Å². The van der Waals surface area contributed by atoms with Crippen LogP contribution in [0.3, 0.4) is 0 Å². The predicted molar refractivity (Wildman–Crippen MR) is 126 cm³/mol. The fourth-order valence-corrected chi connectivity index (χ4v) is 4.38. The number of carboxylic acid groups (broad SMARTS) is 1. The van der Waals surface area contributed by atoms with Crippen molar-refractivity contribution in [1.29, 1.82) is 0 Å². The Bertz CT molecular complexity index is 1000. The number of hydrogen-bond donors (Lipinski definition) is 1. The van der Waals surface area contributed by atoms with Gasteiger partial charge in [-0.2, -0.15) is 0 Å². The summed E-state index contributed by atoms with van der Waals surface area (Å²) in [6, 6.07) is 15.7.